The molecule has 0 aliphatic heterocycles. The Balaban J connectivity index is 2.05. The summed E-state index contributed by atoms with van der Waals surface area (Å²) >= 11 is 6.23. The van der Waals surface area contributed by atoms with Crippen molar-refractivity contribution >= 4 is 28.9 Å². The van der Waals surface area contributed by atoms with Gasteiger partial charge in [-0.15, -0.1) is 0 Å². The van der Waals surface area contributed by atoms with Crippen molar-refractivity contribution in [3.63, 3.8) is 0 Å². The Hall–Kier alpha value is -2.00. The number of amides is 1. The smallest absolute Gasteiger partial charge is 0.243 e. The van der Waals surface area contributed by atoms with Gasteiger partial charge in [-0.3, -0.25) is 4.79 Å². The van der Waals surface area contributed by atoms with Crippen LogP contribution in [0, 0.1) is 27.7 Å². The molecule has 1 amide bonds. The summed E-state index contributed by atoms with van der Waals surface area (Å²) in [5, 5.41) is 6.71. The maximum atomic E-state index is 12.2. The molecule has 0 aliphatic rings. The van der Waals surface area contributed by atoms with Gasteiger partial charge in [0.25, 0.3) is 0 Å². The predicted molar refractivity (Wildman–Crippen MR) is 94.0 cm³/mol. The molecule has 0 unspecified atom stereocenters. The van der Waals surface area contributed by atoms with Crippen LogP contribution in [0.25, 0.3) is 0 Å². The summed E-state index contributed by atoms with van der Waals surface area (Å²) in [5.74, 6) is -0.0894. The second kappa shape index (κ2) is 6.84. The maximum Gasteiger partial charge on any atom is 0.243 e. The van der Waals surface area contributed by atoms with Crippen LogP contribution in [-0.4, -0.2) is 12.5 Å². The first kappa shape index (κ1) is 16.4. The number of anilines is 2. The standard InChI is InChI=1S/C18H21ClN2O/c1-11-8-14(4)18(15(19)9-11)20-10-16(22)21-17-12(2)6-5-7-13(17)3/h5-9,20H,10H2,1-4H3,(H,21,22). The van der Waals surface area contributed by atoms with E-state index in [0.717, 1.165) is 33.6 Å². The van der Waals surface area contributed by atoms with Crippen molar-refractivity contribution in [3.05, 3.63) is 57.6 Å². The van der Waals surface area contributed by atoms with Crippen molar-refractivity contribution in [1.82, 2.24) is 0 Å². The maximum absolute atomic E-state index is 12.2. The molecule has 0 radical (unpaired) electrons. The number of rotatable bonds is 4. The van der Waals surface area contributed by atoms with Crippen molar-refractivity contribution in [2.24, 2.45) is 0 Å². The van der Waals surface area contributed by atoms with Crippen LogP contribution in [-0.2, 0) is 4.79 Å². The molecule has 22 heavy (non-hydrogen) atoms. The number of hydrogen-bond acceptors (Lipinski definition) is 2. The van der Waals surface area contributed by atoms with Gasteiger partial charge < -0.3 is 10.6 Å². The van der Waals surface area contributed by atoms with E-state index in [1.165, 1.54) is 0 Å². The predicted octanol–water partition coefficient (Wildman–Crippen LogP) is 4.62. The number of benzene rings is 2. The Morgan fingerprint density at radius 2 is 1.64 bits per heavy atom. The van der Waals surface area contributed by atoms with E-state index in [0.29, 0.717) is 5.02 Å². The number of nitrogens with one attached hydrogen (secondary N) is 2. The summed E-state index contributed by atoms with van der Waals surface area (Å²) in [6.07, 6.45) is 0. The summed E-state index contributed by atoms with van der Waals surface area (Å²) in [6, 6.07) is 9.87. The van der Waals surface area contributed by atoms with Gasteiger partial charge in [0.2, 0.25) is 5.91 Å². The highest BCUT2D eigenvalue weighted by Crippen LogP contribution is 2.27. The molecule has 4 heteroatoms. The van der Waals surface area contributed by atoms with Crippen LogP contribution in [0.2, 0.25) is 5.02 Å². The SMILES string of the molecule is Cc1cc(C)c(NCC(=O)Nc2c(C)cccc2C)c(Cl)c1. The lowest BCUT2D eigenvalue weighted by Gasteiger charge is -2.14. The van der Waals surface area contributed by atoms with Gasteiger partial charge in [-0.1, -0.05) is 35.9 Å². The number of carbonyl (C=O) groups excluding carboxylic acids is 1. The zero-order valence-electron chi connectivity index (χ0n) is 13.4. The van der Waals surface area contributed by atoms with E-state index in [-0.39, 0.29) is 12.5 Å². The summed E-state index contributed by atoms with van der Waals surface area (Å²) in [4.78, 5) is 12.2. The molecule has 116 valence electrons. The highest BCUT2D eigenvalue weighted by Gasteiger charge is 2.10. The highest BCUT2D eigenvalue weighted by atomic mass is 35.5. The Bertz CT molecular complexity index is 667. The number of hydrogen-bond donors (Lipinski definition) is 2. The zero-order chi connectivity index (χ0) is 16.3. The van der Waals surface area contributed by atoms with Crippen LogP contribution in [0.15, 0.2) is 30.3 Å². The molecule has 0 bridgehead atoms. The Kier molecular flexibility index (Phi) is 5.09. The first-order chi connectivity index (χ1) is 10.4. The third kappa shape index (κ3) is 3.80. The Labute approximate surface area is 136 Å². The van der Waals surface area contributed by atoms with Crippen molar-refractivity contribution in [3.8, 4) is 0 Å². The van der Waals surface area contributed by atoms with Crippen LogP contribution in [0.5, 0.6) is 0 Å². The van der Waals surface area contributed by atoms with Gasteiger partial charge in [-0.05, 0) is 56.0 Å². The van der Waals surface area contributed by atoms with Crippen LogP contribution < -0.4 is 10.6 Å². The van der Waals surface area contributed by atoms with Crippen molar-refractivity contribution in [2.75, 3.05) is 17.2 Å². The van der Waals surface area contributed by atoms with E-state index in [4.69, 9.17) is 11.6 Å². The summed E-state index contributed by atoms with van der Waals surface area (Å²) in [7, 11) is 0. The van der Waals surface area contributed by atoms with Gasteiger partial charge >= 0.3 is 0 Å². The second-order valence-electron chi connectivity index (χ2n) is 5.61. The number of carbonyl (C=O) groups is 1. The average molecular weight is 317 g/mol. The number of aryl methyl sites for hydroxylation is 4. The Morgan fingerprint density at radius 1 is 1.00 bits per heavy atom. The van der Waals surface area contributed by atoms with Gasteiger partial charge in [0.1, 0.15) is 0 Å². The Morgan fingerprint density at radius 3 is 2.23 bits per heavy atom. The van der Waals surface area contributed by atoms with E-state index in [9.17, 15) is 4.79 Å². The minimum Gasteiger partial charge on any atom is -0.375 e. The zero-order valence-corrected chi connectivity index (χ0v) is 14.1. The van der Waals surface area contributed by atoms with Crippen LogP contribution in [0.1, 0.15) is 22.3 Å². The summed E-state index contributed by atoms with van der Waals surface area (Å²) in [6.45, 7) is 8.12. The highest BCUT2D eigenvalue weighted by molar-refractivity contribution is 6.33. The number of para-hydroxylation sites is 1. The van der Waals surface area contributed by atoms with Crippen LogP contribution in [0.3, 0.4) is 0 Å². The van der Waals surface area contributed by atoms with E-state index in [2.05, 4.69) is 10.6 Å². The topological polar surface area (TPSA) is 41.1 Å². The van der Waals surface area contributed by atoms with Gasteiger partial charge in [0, 0.05) is 5.69 Å². The van der Waals surface area contributed by atoms with E-state index in [1.807, 2.05) is 58.0 Å². The van der Waals surface area contributed by atoms with Crippen molar-refractivity contribution in [1.29, 1.82) is 0 Å². The molecule has 0 aliphatic carbocycles. The molecule has 0 spiro atoms. The summed E-state index contributed by atoms with van der Waals surface area (Å²) < 4.78 is 0. The monoisotopic (exact) mass is 316 g/mol. The summed E-state index contributed by atoms with van der Waals surface area (Å²) in [5.41, 5.74) is 5.93. The van der Waals surface area contributed by atoms with E-state index < -0.39 is 0 Å². The molecule has 3 nitrogen and oxygen atoms in total. The van der Waals surface area contributed by atoms with Crippen molar-refractivity contribution < 1.29 is 4.79 Å². The van der Waals surface area contributed by atoms with Gasteiger partial charge in [-0.2, -0.15) is 0 Å². The minimum atomic E-state index is -0.0894. The molecule has 0 fully saturated rings. The van der Waals surface area contributed by atoms with Gasteiger partial charge in [-0.25, -0.2) is 0 Å². The third-order valence-corrected chi connectivity index (χ3v) is 3.90. The normalized spacial score (nSPS) is 10.4. The lowest BCUT2D eigenvalue weighted by Crippen LogP contribution is -2.23. The molecular formula is C18H21ClN2O. The fourth-order valence-electron chi connectivity index (χ4n) is 2.50. The molecule has 2 aromatic carbocycles. The van der Waals surface area contributed by atoms with Crippen LogP contribution in [0.4, 0.5) is 11.4 Å². The van der Waals surface area contributed by atoms with Crippen LogP contribution >= 0.6 is 11.6 Å². The lowest BCUT2D eigenvalue weighted by molar-refractivity contribution is -0.114. The van der Waals surface area contributed by atoms with E-state index in [1.54, 1.807) is 0 Å². The molecule has 0 atom stereocenters. The molecule has 2 aromatic rings. The second-order valence-corrected chi connectivity index (χ2v) is 6.01. The average Bonchev–Trinajstić information content (AvgIpc) is 2.42. The van der Waals surface area contributed by atoms with Gasteiger partial charge in [0.05, 0.1) is 17.3 Å². The molecule has 2 N–H and O–H groups in total. The number of halogens is 1. The first-order valence-corrected chi connectivity index (χ1v) is 7.63. The molecule has 0 heterocycles. The van der Waals surface area contributed by atoms with Crippen molar-refractivity contribution in [2.45, 2.75) is 27.7 Å². The first-order valence-electron chi connectivity index (χ1n) is 7.25. The molecule has 2 rings (SSSR count). The molecule has 0 saturated heterocycles. The van der Waals surface area contributed by atoms with E-state index >= 15 is 0 Å². The molecule has 0 aromatic heterocycles. The molecular weight excluding hydrogens is 296 g/mol. The lowest BCUT2D eigenvalue weighted by atomic mass is 10.1. The quantitative estimate of drug-likeness (QED) is 0.863. The third-order valence-electron chi connectivity index (χ3n) is 3.60. The fourth-order valence-corrected chi connectivity index (χ4v) is 2.89. The molecule has 0 saturated carbocycles. The fraction of sp³-hybridized carbons (Fsp3) is 0.278. The van der Waals surface area contributed by atoms with Gasteiger partial charge in [0.15, 0.2) is 0 Å². The minimum absolute atomic E-state index is 0.0894. The largest absolute Gasteiger partial charge is 0.375 e.